The monoisotopic (exact) mass is 192 g/mol. The highest BCUT2D eigenvalue weighted by atomic mass is 16.5. The summed E-state index contributed by atoms with van der Waals surface area (Å²) < 4.78 is 4.39. The van der Waals surface area contributed by atoms with Crippen molar-refractivity contribution < 1.29 is 30.0 Å². The maximum absolute atomic E-state index is 10.8. The van der Waals surface area contributed by atoms with Crippen LogP contribution in [-0.2, 0) is 9.53 Å². The number of carbonyl (C=O) groups excluding carboxylic acids is 1. The lowest BCUT2D eigenvalue weighted by molar-refractivity contribution is -0.143. The molecule has 0 aromatic heterocycles. The Morgan fingerprint density at radius 2 is 2.00 bits per heavy atom. The fourth-order valence-corrected chi connectivity index (χ4v) is 0.424. The van der Waals surface area contributed by atoms with Crippen LogP contribution in [-0.4, -0.2) is 45.7 Å². The van der Waals surface area contributed by atoms with Gasteiger partial charge in [-0.1, -0.05) is 0 Å². The van der Waals surface area contributed by atoms with Gasteiger partial charge in [-0.25, -0.2) is 4.79 Å². The average molecular weight is 192 g/mol. The van der Waals surface area contributed by atoms with Crippen molar-refractivity contribution in [2.75, 3.05) is 13.2 Å². The molecule has 0 heterocycles. The van der Waals surface area contributed by atoms with Crippen molar-refractivity contribution in [2.45, 2.75) is 13.0 Å². The molecule has 0 aromatic rings. The van der Waals surface area contributed by atoms with E-state index in [1.54, 1.807) is 0 Å². The molecule has 0 amide bonds. The number of aliphatic hydroxyl groups excluding tert-OH is 3. The summed E-state index contributed by atoms with van der Waals surface area (Å²) in [6.45, 7) is 0.240. The van der Waals surface area contributed by atoms with Gasteiger partial charge in [-0.05, 0) is 6.92 Å². The van der Waals surface area contributed by atoms with Crippen molar-refractivity contribution in [1.29, 1.82) is 0 Å². The number of hydrogen-bond donors (Lipinski definition) is 4. The molecule has 0 radical (unpaired) electrons. The first kappa shape index (κ1) is 11.7. The molecular weight excluding hydrogens is 180 g/mol. The number of esters is 1. The zero-order valence-electron chi connectivity index (χ0n) is 7.10. The highest BCUT2D eigenvalue weighted by molar-refractivity contribution is 5.87. The van der Waals surface area contributed by atoms with Gasteiger partial charge in [0, 0.05) is 0 Å². The Kier molecular flexibility index (Phi) is 4.86. The summed E-state index contributed by atoms with van der Waals surface area (Å²) in [6.07, 6.45) is -1.16. The normalized spacial score (nSPS) is 11.9. The minimum Gasteiger partial charge on any atom is -0.481 e. The van der Waals surface area contributed by atoms with Gasteiger partial charge in [0.1, 0.15) is 18.3 Å². The minimum absolute atomic E-state index is 0.356. The highest BCUT2D eigenvalue weighted by Crippen LogP contribution is 2.00. The van der Waals surface area contributed by atoms with E-state index < -0.39 is 24.6 Å². The molecule has 13 heavy (non-hydrogen) atoms. The molecule has 0 aromatic carbocycles. The van der Waals surface area contributed by atoms with Crippen molar-refractivity contribution in [2.24, 2.45) is 0 Å². The summed E-state index contributed by atoms with van der Waals surface area (Å²) in [4.78, 5) is 10.8. The van der Waals surface area contributed by atoms with Gasteiger partial charge in [-0.2, -0.15) is 0 Å². The molecule has 0 aliphatic heterocycles. The molecule has 76 valence electrons. The molecule has 0 aliphatic carbocycles. The predicted octanol–water partition coefficient (Wildman–Crippen LogP) is -0.770. The summed E-state index contributed by atoms with van der Waals surface area (Å²) in [5.74, 6) is -2.07. The van der Waals surface area contributed by atoms with Crippen molar-refractivity contribution in [3.63, 3.8) is 0 Å². The number of ether oxygens (including phenoxy) is 1. The molecule has 1 atom stereocenters. The first-order chi connectivity index (χ1) is 5.99. The van der Waals surface area contributed by atoms with Crippen LogP contribution in [0.1, 0.15) is 6.92 Å². The van der Waals surface area contributed by atoms with E-state index in [0.29, 0.717) is 0 Å². The standard InChI is InChI=1S/C7H12O6/c1-4(6(10)11)7(12)13-3-5(9)2-8/h5,8-11H,2-3H2,1H3. The van der Waals surface area contributed by atoms with Crippen molar-refractivity contribution in [3.05, 3.63) is 11.5 Å². The van der Waals surface area contributed by atoms with Crippen molar-refractivity contribution in [3.8, 4) is 0 Å². The number of rotatable bonds is 4. The van der Waals surface area contributed by atoms with Crippen LogP contribution in [0.3, 0.4) is 0 Å². The lowest BCUT2D eigenvalue weighted by atomic mass is 10.3. The quantitative estimate of drug-likeness (QED) is 0.265. The molecule has 0 saturated carbocycles. The van der Waals surface area contributed by atoms with Gasteiger partial charge in [-0.3, -0.25) is 0 Å². The Balaban J connectivity index is 3.96. The molecule has 0 spiro atoms. The van der Waals surface area contributed by atoms with E-state index in [-0.39, 0.29) is 12.2 Å². The van der Waals surface area contributed by atoms with E-state index in [1.165, 1.54) is 0 Å². The van der Waals surface area contributed by atoms with Gasteiger partial charge >= 0.3 is 5.97 Å². The van der Waals surface area contributed by atoms with Crippen LogP contribution >= 0.6 is 0 Å². The third-order valence-corrected chi connectivity index (χ3v) is 1.26. The topological polar surface area (TPSA) is 107 Å². The fourth-order valence-electron chi connectivity index (χ4n) is 0.424. The minimum atomic E-state index is -1.16. The summed E-state index contributed by atoms with van der Waals surface area (Å²) >= 11 is 0. The second kappa shape index (κ2) is 5.39. The van der Waals surface area contributed by atoms with Crippen LogP contribution in [0.25, 0.3) is 0 Å². The van der Waals surface area contributed by atoms with Gasteiger partial charge in [0.05, 0.1) is 6.61 Å². The fraction of sp³-hybridized carbons (Fsp3) is 0.571. The Morgan fingerprint density at radius 1 is 1.46 bits per heavy atom. The average Bonchev–Trinajstić information content (AvgIpc) is 2.11. The molecule has 0 fully saturated rings. The van der Waals surface area contributed by atoms with E-state index in [9.17, 15) is 4.79 Å². The largest absolute Gasteiger partial charge is 0.481 e. The van der Waals surface area contributed by atoms with Crippen LogP contribution in [0.15, 0.2) is 11.5 Å². The zero-order valence-corrected chi connectivity index (χ0v) is 7.10. The summed E-state index contributed by atoms with van der Waals surface area (Å²) in [7, 11) is 0. The summed E-state index contributed by atoms with van der Waals surface area (Å²) in [5, 5.41) is 34.0. The van der Waals surface area contributed by atoms with Gasteiger partial charge in [-0.15, -0.1) is 0 Å². The highest BCUT2D eigenvalue weighted by Gasteiger charge is 2.13. The zero-order chi connectivity index (χ0) is 10.4. The first-order valence-electron chi connectivity index (χ1n) is 3.54. The van der Waals surface area contributed by atoms with Crippen LogP contribution in [0, 0.1) is 0 Å². The summed E-state index contributed by atoms with van der Waals surface area (Å²) in [6, 6.07) is 0. The lowest BCUT2D eigenvalue weighted by Crippen LogP contribution is -2.22. The second-order valence-corrected chi connectivity index (χ2v) is 2.38. The Labute approximate surface area is 74.7 Å². The van der Waals surface area contributed by atoms with E-state index in [4.69, 9.17) is 20.4 Å². The third-order valence-electron chi connectivity index (χ3n) is 1.26. The number of aliphatic hydroxyl groups is 4. The lowest BCUT2D eigenvalue weighted by Gasteiger charge is -2.08. The van der Waals surface area contributed by atoms with Gasteiger partial charge < -0.3 is 25.2 Å². The van der Waals surface area contributed by atoms with Crippen LogP contribution in [0.5, 0.6) is 0 Å². The van der Waals surface area contributed by atoms with E-state index >= 15 is 0 Å². The van der Waals surface area contributed by atoms with Crippen LogP contribution < -0.4 is 0 Å². The molecular formula is C7H12O6. The Morgan fingerprint density at radius 3 is 2.38 bits per heavy atom. The van der Waals surface area contributed by atoms with Crippen molar-refractivity contribution >= 4 is 5.97 Å². The molecule has 6 nitrogen and oxygen atoms in total. The first-order valence-corrected chi connectivity index (χ1v) is 3.54. The van der Waals surface area contributed by atoms with E-state index in [2.05, 4.69) is 4.74 Å². The third kappa shape index (κ3) is 4.34. The molecule has 1 unspecified atom stereocenters. The van der Waals surface area contributed by atoms with Gasteiger partial charge in [0.2, 0.25) is 0 Å². The molecule has 0 saturated heterocycles. The molecule has 0 rings (SSSR count). The van der Waals surface area contributed by atoms with Gasteiger partial charge in [0.25, 0.3) is 5.95 Å². The number of carbonyl (C=O) groups is 1. The van der Waals surface area contributed by atoms with E-state index in [1.807, 2.05) is 0 Å². The molecule has 4 N–H and O–H groups in total. The van der Waals surface area contributed by atoms with Crippen LogP contribution in [0.2, 0.25) is 0 Å². The predicted molar refractivity (Wildman–Crippen MR) is 42.0 cm³/mol. The van der Waals surface area contributed by atoms with Crippen molar-refractivity contribution in [1.82, 2.24) is 0 Å². The molecule has 0 bridgehead atoms. The Bertz CT molecular complexity index is 205. The molecule has 6 heteroatoms. The van der Waals surface area contributed by atoms with E-state index in [0.717, 1.165) is 6.92 Å². The maximum Gasteiger partial charge on any atom is 0.341 e. The number of hydrogen-bond acceptors (Lipinski definition) is 6. The second-order valence-electron chi connectivity index (χ2n) is 2.38. The SMILES string of the molecule is CC(C(=O)OCC(O)CO)=C(O)O. The van der Waals surface area contributed by atoms with Crippen LogP contribution in [0.4, 0.5) is 0 Å². The molecule has 0 aliphatic rings. The summed E-state index contributed by atoms with van der Waals surface area (Å²) in [5.41, 5.74) is -0.356. The Hall–Kier alpha value is -1.27. The smallest absolute Gasteiger partial charge is 0.341 e. The maximum atomic E-state index is 10.8. The van der Waals surface area contributed by atoms with Gasteiger partial charge in [0.15, 0.2) is 0 Å².